The van der Waals surface area contributed by atoms with E-state index in [-0.39, 0.29) is 0 Å². The van der Waals surface area contributed by atoms with Crippen LogP contribution < -0.4 is 5.32 Å². The van der Waals surface area contributed by atoms with E-state index in [0.717, 1.165) is 13.0 Å². The van der Waals surface area contributed by atoms with Crippen molar-refractivity contribution in [2.45, 2.75) is 54.0 Å². The molecule has 0 rings (SSSR count). The SMILES string of the molecule is CCC(=CC(C)(C)C)CNC(C)C. The molecule has 0 radical (unpaired) electrons. The lowest BCUT2D eigenvalue weighted by atomic mass is 9.92. The van der Waals surface area contributed by atoms with Gasteiger partial charge < -0.3 is 5.32 Å². The Morgan fingerprint density at radius 3 is 2.15 bits per heavy atom. The molecule has 0 aliphatic heterocycles. The lowest BCUT2D eigenvalue weighted by Crippen LogP contribution is -2.25. The highest BCUT2D eigenvalue weighted by Crippen LogP contribution is 2.18. The summed E-state index contributed by atoms with van der Waals surface area (Å²) in [5.74, 6) is 0. The van der Waals surface area contributed by atoms with Crippen LogP contribution in [0, 0.1) is 5.41 Å². The van der Waals surface area contributed by atoms with Crippen molar-refractivity contribution in [1.29, 1.82) is 0 Å². The Morgan fingerprint density at radius 1 is 1.31 bits per heavy atom. The van der Waals surface area contributed by atoms with Crippen LogP contribution in [0.25, 0.3) is 0 Å². The van der Waals surface area contributed by atoms with E-state index < -0.39 is 0 Å². The van der Waals surface area contributed by atoms with Crippen LogP contribution in [0.3, 0.4) is 0 Å². The van der Waals surface area contributed by atoms with Crippen molar-refractivity contribution in [2.24, 2.45) is 5.41 Å². The van der Waals surface area contributed by atoms with Gasteiger partial charge in [-0.15, -0.1) is 0 Å². The monoisotopic (exact) mass is 183 g/mol. The van der Waals surface area contributed by atoms with E-state index in [9.17, 15) is 0 Å². The largest absolute Gasteiger partial charge is 0.311 e. The van der Waals surface area contributed by atoms with E-state index in [4.69, 9.17) is 0 Å². The maximum absolute atomic E-state index is 3.45. The standard InChI is InChI=1S/C12H25N/c1-7-11(8-12(4,5)6)9-13-10(2)3/h8,10,13H,7,9H2,1-6H3. The van der Waals surface area contributed by atoms with E-state index >= 15 is 0 Å². The zero-order chi connectivity index (χ0) is 10.5. The molecular weight excluding hydrogens is 158 g/mol. The van der Waals surface area contributed by atoms with Gasteiger partial charge >= 0.3 is 0 Å². The van der Waals surface area contributed by atoms with Gasteiger partial charge in [0, 0.05) is 12.6 Å². The Bertz CT molecular complexity index is 160. The number of rotatable bonds is 4. The average molecular weight is 183 g/mol. The molecule has 0 fully saturated rings. The highest BCUT2D eigenvalue weighted by atomic mass is 14.9. The molecule has 1 N–H and O–H groups in total. The second-order valence-corrected chi connectivity index (χ2v) is 5.06. The molecule has 0 saturated carbocycles. The van der Waals surface area contributed by atoms with Crippen molar-refractivity contribution >= 4 is 0 Å². The van der Waals surface area contributed by atoms with Gasteiger partial charge in [-0.05, 0) is 11.8 Å². The van der Waals surface area contributed by atoms with Gasteiger partial charge in [-0.1, -0.05) is 53.2 Å². The number of hydrogen-bond donors (Lipinski definition) is 1. The first-order chi connectivity index (χ1) is 5.85. The highest BCUT2D eigenvalue weighted by Gasteiger charge is 2.07. The third-order valence-electron chi connectivity index (χ3n) is 1.83. The third-order valence-corrected chi connectivity index (χ3v) is 1.83. The molecule has 1 nitrogen and oxygen atoms in total. The summed E-state index contributed by atoms with van der Waals surface area (Å²) >= 11 is 0. The van der Waals surface area contributed by atoms with Gasteiger partial charge in [0.2, 0.25) is 0 Å². The Kier molecular flexibility index (Phi) is 5.31. The van der Waals surface area contributed by atoms with Crippen LogP contribution in [0.1, 0.15) is 48.0 Å². The normalized spacial score (nSPS) is 13.9. The maximum Gasteiger partial charge on any atom is 0.0167 e. The smallest absolute Gasteiger partial charge is 0.0167 e. The summed E-state index contributed by atoms with van der Waals surface area (Å²) < 4.78 is 0. The topological polar surface area (TPSA) is 12.0 Å². The first kappa shape index (κ1) is 12.7. The summed E-state index contributed by atoms with van der Waals surface area (Å²) in [6, 6.07) is 0.579. The quantitative estimate of drug-likeness (QED) is 0.659. The molecule has 0 atom stereocenters. The molecule has 0 aromatic carbocycles. The highest BCUT2D eigenvalue weighted by molar-refractivity contribution is 5.08. The first-order valence-corrected chi connectivity index (χ1v) is 5.29. The molecule has 0 aliphatic rings. The van der Waals surface area contributed by atoms with E-state index in [1.165, 1.54) is 5.57 Å². The molecule has 0 spiro atoms. The molecule has 0 unspecified atom stereocenters. The van der Waals surface area contributed by atoms with E-state index in [1.54, 1.807) is 0 Å². The van der Waals surface area contributed by atoms with Crippen LogP contribution in [0.2, 0.25) is 0 Å². The fraction of sp³-hybridized carbons (Fsp3) is 0.833. The summed E-state index contributed by atoms with van der Waals surface area (Å²) in [4.78, 5) is 0. The van der Waals surface area contributed by atoms with Gasteiger partial charge in [-0.3, -0.25) is 0 Å². The molecule has 0 bridgehead atoms. The van der Waals surface area contributed by atoms with Crippen LogP contribution in [0.4, 0.5) is 0 Å². The van der Waals surface area contributed by atoms with Gasteiger partial charge in [-0.25, -0.2) is 0 Å². The number of hydrogen-bond acceptors (Lipinski definition) is 1. The fourth-order valence-corrected chi connectivity index (χ4v) is 1.23. The van der Waals surface area contributed by atoms with Crippen molar-refractivity contribution in [1.82, 2.24) is 5.32 Å². The first-order valence-electron chi connectivity index (χ1n) is 5.29. The van der Waals surface area contributed by atoms with Crippen LogP contribution >= 0.6 is 0 Å². The Morgan fingerprint density at radius 2 is 1.85 bits per heavy atom. The second-order valence-electron chi connectivity index (χ2n) is 5.06. The Balaban J connectivity index is 4.10. The van der Waals surface area contributed by atoms with Crippen molar-refractivity contribution in [3.05, 3.63) is 11.6 Å². The van der Waals surface area contributed by atoms with E-state index in [2.05, 4.69) is 52.9 Å². The number of allylic oxidation sites excluding steroid dienone is 1. The third kappa shape index (κ3) is 8.04. The van der Waals surface area contributed by atoms with E-state index in [0.29, 0.717) is 11.5 Å². The van der Waals surface area contributed by atoms with Gasteiger partial charge in [0.1, 0.15) is 0 Å². The summed E-state index contributed by atoms with van der Waals surface area (Å²) in [6.45, 7) is 14.4. The van der Waals surface area contributed by atoms with E-state index in [1.807, 2.05) is 0 Å². The second kappa shape index (κ2) is 5.43. The summed E-state index contributed by atoms with van der Waals surface area (Å²) in [5, 5.41) is 3.45. The minimum Gasteiger partial charge on any atom is -0.311 e. The molecule has 0 aromatic heterocycles. The zero-order valence-electron chi connectivity index (χ0n) is 10.1. The molecule has 13 heavy (non-hydrogen) atoms. The lowest BCUT2D eigenvalue weighted by molar-refractivity contribution is 0.530. The van der Waals surface area contributed by atoms with Crippen molar-refractivity contribution in [3.63, 3.8) is 0 Å². The van der Waals surface area contributed by atoms with Crippen LogP contribution in [0.15, 0.2) is 11.6 Å². The molecule has 1 heteroatoms. The summed E-state index contributed by atoms with van der Waals surface area (Å²) in [5.41, 5.74) is 1.82. The predicted molar refractivity (Wildman–Crippen MR) is 61.0 cm³/mol. The molecule has 0 aliphatic carbocycles. The summed E-state index contributed by atoms with van der Waals surface area (Å²) in [7, 11) is 0. The molecule has 0 aromatic rings. The maximum atomic E-state index is 3.45. The zero-order valence-corrected chi connectivity index (χ0v) is 10.1. The molecule has 0 amide bonds. The average Bonchev–Trinajstić information content (AvgIpc) is 1.95. The predicted octanol–water partition coefficient (Wildman–Crippen LogP) is 3.37. The van der Waals surface area contributed by atoms with Crippen molar-refractivity contribution in [2.75, 3.05) is 6.54 Å². The van der Waals surface area contributed by atoms with Crippen LogP contribution in [0.5, 0.6) is 0 Å². The number of nitrogens with one attached hydrogen (secondary N) is 1. The molecule has 78 valence electrons. The van der Waals surface area contributed by atoms with Gasteiger partial charge in [0.25, 0.3) is 0 Å². The summed E-state index contributed by atoms with van der Waals surface area (Å²) in [6.07, 6.45) is 3.53. The minimum absolute atomic E-state index is 0.310. The van der Waals surface area contributed by atoms with Crippen molar-refractivity contribution in [3.8, 4) is 0 Å². The van der Waals surface area contributed by atoms with Gasteiger partial charge in [-0.2, -0.15) is 0 Å². The molecular formula is C12H25N. The molecule has 0 saturated heterocycles. The minimum atomic E-state index is 0.310. The van der Waals surface area contributed by atoms with Crippen LogP contribution in [-0.4, -0.2) is 12.6 Å². The fourth-order valence-electron chi connectivity index (χ4n) is 1.23. The van der Waals surface area contributed by atoms with Gasteiger partial charge in [0.15, 0.2) is 0 Å². The molecule has 0 heterocycles. The lowest BCUT2D eigenvalue weighted by Gasteiger charge is -2.17. The van der Waals surface area contributed by atoms with Crippen LogP contribution in [-0.2, 0) is 0 Å². The van der Waals surface area contributed by atoms with Crippen molar-refractivity contribution < 1.29 is 0 Å². The Labute approximate surface area is 83.6 Å². The Hall–Kier alpha value is -0.300. The van der Waals surface area contributed by atoms with Gasteiger partial charge in [0.05, 0.1) is 0 Å².